The van der Waals surface area contributed by atoms with Crippen molar-refractivity contribution in [3.05, 3.63) is 23.3 Å². The van der Waals surface area contributed by atoms with Crippen LogP contribution >= 0.6 is 0 Å². The first-order valence-corrected chi connectivity index (χ1v) is 18.4. The Balaban J connectivity index is 3.96. The molecule has 244 valence electrons. The zero-order valence-electron chi connectivity index (χ0n) is 30.1. The lowest BCUT2D eigenvalue weighted by Gasteiger charge is -2.15. The van der Waals surface area contributed by atoms with E-state index in [1.807, 2.05) is 0 Å². The molecule has 41 heavy (non-hydrogen) atoms. The molecule has 0 radical (unpaired) electrons. The summed E-state index contributed by atoms with van der Waals surface area (Å²) in [7, 11) is 0. The van der Waals surface area contributed by atoms with Gasteiger partial charge >= 0.3 is 0 Å². The summed E-state index contributed by atoms with van der Waals surface area (Å²) in [6.07, 6.45) is 29.1. The normalized spacial score (nSPS) is 16.8. The Labute approximate surface area is 260 Å². The third-order valence-corrected chi connectivity index (χ3v) is 9.47. The molecular weight excluding hydrogens is 496 g/mol. The molecule has 1 nitrogen and oxygen atoms in total. The minimum absolute atomic E-state index is 0.332. The summed E-state index contributed by atoms with van der Waals surface area (Å²) in [4.78, 5) is 0. The average Bonchev–Trinajstić information content (AvgIpc) is 2.87. The van der Waals surface area contributed by atoms with Crippen LogP contribution < -0.4 is 0 Å². The van der Waals surface area contributed by atoms with Crippen molar-refractivity contribution in [2.45, 2.75) is 197 Å². The lowest BCUT2D eigenvalue weighted by molar-refractivity contribution is 0.225. The molecule has 0 saturated heterocycles. The van der Waals surface area contributed by atoms with Gasteiger partial charge in [0.15, 0.2) is 0 Å². The van der Waals surface area contributed by atoms with Crippen molar-refractivity contribution in [2.24, 2.45) is 35.5 Å². The molecule has 0 rings (SSSR count). The van der Waals surface area contributed by atoms with Crippen LogP contribution in [0.2, 0.25) is 0 Å². The fourth-order valence-electron chi connectivity index (χ4n) is 6.32. The fourth-order valence-corrected chi connectivity index (χ4v) is 6.32. The summed E-state index contributed by atoms with van der Waals surface area (Å²) in [5.74, 6) is 5.15. The van der Waals surface area contributed by atoms with Gasteiger partial charge in [0.25, 0.3) is 0 Å². The minimum Gasteiger partial charge on any atom is -0.389 e. The molecule has 0 aromatic carbocycles. The van der Waals surface area contributed by atoms with Gasteiger partial charge in [-0.05, 0) is 81.5 Å². The SMILES string of the molecule is CC(=CCC(O)C=C(C)CCC[C@H](C)CCC[C@H](C)CCCC(C)C)CCCC(C)CCCC(C)CCCC(C)C. The van der Waals surface area contributed by atoms with Crippen LogP contribution in [0.15, 0.2) is 23.3 Å². The van der Waals surface area contributed by atoms with E-state index in [4.69, 9.17) is 0 Å². The van der Waals surface area contributed by atoms with Crippen molar-refractivity contribution in [3.8, 4) is 0 Å². The summed E-state index contributed by atoms with van der Waals surface area (Å²) in [6.45, 7) is 23.6. The molecule has 0 aliphatic heterocycles. The van der Waals surface area contributed by atoms with Gasteiger partial charge in [0, 0.05) is 0 Å². The van der Waals surface area contributed by atoms with Crippen molar-refractivity contribution < 1.29 is 5.11 Å². The highest BCUT2D eigenvalue weighted by Gasteiger charge is 2.09. The third-order valence-electron chi connectivity index (χ3n) is 9.47. The minimum atomic E-state index is -0.332. The highest BCUT2D eigenvalue weighted by atomic mass is 16.3. The van der Waals surface area contributed by atoms with Crippen LogP contribution in [0.25, 0.3) is 0 Å². The molecular formula is C40H78O. The standard InChI is InChI=1S/C40H78O/c1-32(2)17-11-19-34(5)21-13-23-36(7)25-15-27-38(9)29-30-40(41)31-39(10)28-16-26-37(8)24-14-22-35(6)20-12-18-33(3)4/h29,31-37,40-41H,11-28,30H2,1-10H3/t34?,35-,36?,37-,40?/m1/s1. The van der Waals surface area contributed by atoms with Crippen LogP contribution in [0.1, 0.15) is 191 Å². The van der Waals surface area contributed by atoms with Crippen LogP contribution in [-0.4, -0.2) is 11.2 Å². The van der Waals surface area contributed by atoms with E-state index in [1.54, 1.807) is 0 Å². The Morgan fingerprint density at radius 1 is 0.463 bits per heavy atom. The molecule has 0 aromatic rings. The molecule has 0 aromatic heterocycles. The first-order chi connectivity index (χ1) is 19.4. The number of rotatable bonds is 27. The molecule has 3 unspecified atom stereocenters. The van der Waals surface area contributed by atoms with Crippen LogP contribution in [0.3, 0.4) is 0 Å². The molecule has 0 bridgehead atoms. The Bertz CT molecular complexity index is 641. The van der Waals surface area contributed by atoms with E-state index in [9.17, 15) is 5.11 Å². The lowest BCUT2D eigenvalue weighted by atomic mass is 9.91. The summed E-state index contributed by atoms with van der Waals surface area (Å²) in [5.41, 5.74) is 2.81. The van der Waals surface area contributed by atoms with Gasteiger partial charge in [-0.15, -0.1) is 0 Å². The Morgan fingerprint density at radius 2 is 0.780 bits per heavy atom. The van der Waals surface area contributed by atoms with Gasteiger partial charge in [-0.2, -0.15) is 0 Å². The van der Waals surface area contributed by atoms with Gasteiger partial charge in [-0.3, -0.25) is 0 Å². The highest BCUT2D eigenvalue weighted by molar-refractivity contribution is 5.06. The molecule has 0 saturated carbocycles. The van der Waals surface area contributed by atoms with E-state index < -0.39 is 0 Å². The largest absolute Gasteiger partial charge is 0.389 e. The van der Waals surface area contributed by atoms with E-state index in [0.29, 0.717) is 0 Å². The second-order valence-corrected chi connectivity index (χ2v) is 15.6. The van der Waals surface area contributed by atoms with Gasteiger partial charge in [0.1, 0.15) is 0 Å². The smallest absolute Gasteiger partial charge is 0.0757 e. The third kappa shape index (κ3) is 28.0. The van der Waals surface area contributed by atoms with Crippen molar-refractivity contribution in [1.29, 1.82) is 0 Å². The van der Waals surface area contributed by atoms with E-state index in [2.05, 4.69) is 81.4 Å². The summed E-state index contributed by atoms with van der Waals surface area (Å²) < 4.78 is 0. The average molecular weight is 575 g/mol. The van der Waals surface area contributed by atoms with Crippen LogP contribution in [-0.2, 0) is 0 Å². The van der Waals surface area contributed by atoms with Gasteiger partial charge in [-0.1, -0.05) is 169 Å². The zero-order valence-corrected chi connectivity index (χ0v) is 30.1. The van der Waals surface area contributed by atoms with Crippen molar-refractivity contribution in [2.75, 3.05) is 0 Å². The van der Waals surface area contributed by atoms with Gasteiger partial charge < -0.3 is 5.11 Å². The summed E-state index contributed by atoms with van der Waals surface area (Å²) >= 11 is 0. The first kappa shape index (κ1) is 40.4. The molecule has 0 spiro atoms. The van der Waals surface area contributed by atoms with Gasteiger partial charge in [0.05, 0.1) is 6.10 Å². The zero-order chi connectivity index (χ0) is 31.0. The molecule has 0 fully saturated rings. The van der Waals surface area contributed by atoms with Crippen molar-refractivity contribution in [1.82, 2.24) is 0 Å². The number of aliphatic hydroxyl groups excluding tert-OH is 1. The van der Waals surface area contributed by atoms with E-state index in [0.717, 1.165) is 48.3 Å². The first-order valence-electron chi connectivity index (χ1n) is 18.4. The Hall–Kier alpha value is -0.560. The fraction of sp³-hybridized carbons (Fsp3) is 0.900. The van der Waals surface area contributed by atoms with Crippen LogP contribution in [0.4, 0.5) is 0 Å². The second-order valence-electron chi connectivity index (χ2n) is 15.6. The highest BCUT2D eigenvalue weighted by Crippen LogP contribution is 2.24. The molecule has 0 aliphatic carbocycles. The van der Waals surface area contributed by atoms with Crippen molar-refractivity contribution in [3.63, 3.8) is 0 Å². The maximum atomic E-state index is 10.6. The molecule has 5 atom stereocenters. The van der Waals surface area contributed by atoms with E-state index >= 15 is 0 Å². The van der Waals surface area contributed by atoms with Gasteiger partial charge in [0.2, 0.25) is 0 Å². The maximum Gasteiger partial charge on any atom is 0.0757 e. The van der Waals surface area contributed by atoms with Crippen molar-refractivity contribution >= 4 is 0 Å². The Kier molecular flexibility index (Phi) is 25.5. The van der Waals surface area contributed by atoms with Crippen LogP contribution in [0, 0.1) is 35.5 Å². The monoisotopic (exact) mass is 575 g/mol. The molecule has 0 aliphatic rings. The maximum absolute atomic E-state index is 10.6. The molecule has 1 heteroatoms. The van der Waals surface area contributed by atoms with E-state index in [1.165, 1.54) is 120 Å². The number of hydrogen-bond donors (Lipinski definition) is 1. The summed E-state index contributed by atoms with van der Waals surface area (Å²) in [5, 5.41) is 10.6. The van der Waals surface area contributed by atoms with E-state index in [-0.39, 0.29) is 6.10 Å². The number of hydrogen-bond acceptors (Lipinski definition) is 1. The molecule has 0 amide bonds. The number of aliphatic hydroxyl groups is 1. The molecule has 1 N–H and O–H groups in total. The molecule has 0 heterocycles. The lowest BCUT2D eigenvalue weighted by Crippen LogP contribution is -2.03. The predicted molar refractivity (Wildman–Crippen MR) is 188 cm³/mol. The topological polar surface area (TPSA) is 20.2 Å². The van der Waals surface area contributed by atoms with Gasteiger partial charge in [-0.25, -0.2) is 0 Å². The Morgan fingerprint density at radius 3 is 1.15 bits per heavy atom. The predicted octanol–water partition coefficient (Wildman–Crippen LogP) is 13.5. The summed E-state index contributed by atoms with van der Waals surface area (Å²) in [6, 6.07) is 0. The number of allylic oxidation sites excluding steroid dienone is 2. The quantitative estimate of drug-likeness (QED) is 0.0967. The van der Waals surface area contributed by atoms with Crippen LogP contribution in [0.5, 0.6) is 0 Å². The second kappa shape index (κ2) is 25.9.